The number of phenolic OH excluding ortho intramolecular Hbond substituents is 2. The summed E-state index contributed by atoms with van der Waals surface area (Å²) in [4.78, 5) is 2.05. The first-order valence-electron chi connectivity index (χ1n) is 5.89. The van der Waals surface area contributed by atoms with E-state index < -0.39 is 0 Å². The van der Waals surface area contributed by atoms with Crippen LogP contribution in [-0.4, -0.2) is 22.2 Å². The second-order valence-electron chi connectivity index (χ2n) is 4.43. The van der Waals surface area contributed by atoms with Crippen LogP contribution in [0.4, 0.5) is 0 Å². The Kier molecular flexibility index (Phi) is 6.09. The van der Waals surface area contributed by atoms with Gasteiger partial charge in [0.15, 0.2) is 0 Å². The third-order valence-corrected chi connectivity index (χ3v) is 2.86. The summed E-state index contributed by atoms with van der Waals surface area (Å²) in [5.41, 5.74) is 1.77. The topological polar surface area (TPSA) is 43.7 Å². The van der Waals surface area contributed by atoms with Crippen LogP contribution in [0.15, 0.2) is 48.5 Å². The van der Waals surface area contributed by atoms with Crippen LogP contribution < -0.4 is 0 Å². The van der Waals surface area contributed by atoms with Gasteiger partial charge < -0.3 is 10.2 Å². The van der Waals surface area contributed by atoms with Gasteiger partial charge in [-0.25, -0.2) is 0 Å². The van der Waals surface area contributed by atoms with Gasteiger partial charge in [-0.05, 0) is 19.2 Å². The molecule has 0 saturated carbocycles. The number of hydrogen-bond acceptors (Lipinski definition) is 3. The van der Waals surface area contributed by atoms with Crippen molar-refractivity contribution in [2.45, 2.75) is 13.1 Å². The quantitative estimate of drug-likeness (QED) is 0.851. The molecule has 4 heteroatoms. The first kappa shape index (κ1) is 15.8. The van der Waals surface area contributed by atoms with Gasteiger partial charge in [0.1, 0.15) is 11.5 Å². The molecule has 0 heterocycles. The van der Waals surface area contributed by atoms with E-state index in [1.165, 1.54) is 0 Å². The zero-order valence-electron chi connectivity index (χ0n) is 10.9. The summed E-state index contributed by atoms with van der Waals surface area (Å²) in [6, 6.07) is 14.6. The zero-order chi connectivity index (χ0) is 13.0. The Labute approximate surface area is 128 Å². The van der Waals surface area contributed by atoms with E-state index in [2.05, 4.69) is 0 Å². The van der Waals surface area contributed by atoms with Crippen molar-refractivity contribution in [3.63, 3.8) is 0 Å². The third-order valence-electron chi connectivity index (χ3n) is 2.86. The van der Waals surface area contributed by atoms with Gasteiger partial charge >= 0.3 is 0 Å². The fourth-order valence-corrected chi connectivity index (χ4v) is 1.93. The first-order valence-corrected chi connectivity index (χ1v) is 5.89. The molecule has 0 atom stereocenters. The van der Waals surface area contributed by atoms with Gasteiger partial charge in [-0.3, -0.25) is 4.90 Å². The normalized spacial score (nSPS) is 10.2. The predicted octanol–water partition coefficient (Wildman–Crippen LogP) is 2.73. The minimum Gasteiger partial charge on any atom is -0.508 e. The van der Waals surface area contributed by atoms with E-state index in [4.69, 9.17) is 0 Å². The number of rotatable bonds is 4. The fraction of sp³-hybridized carbons (Fsp3) is 0.200. The summed E-state index contributed by atoms with van der Waals surface area (Å²) in [5.74, 6) is 0.614. The summed E-state index contributed by atoms with van der Waals surface area (Å²) >= 11 is 0. The van der Waals surface area contributed by atoms with E-state index in [1.807, 2.05) is 48.3 Å². The van der Waals surface area contributed by atoms with E-state index in [9.17, 15) is 10.2 Å². The molecule has 2 N–H and O–H groups in total. The first-order chi connectivity index (χ1) is 8.66. The minimum absolute atomic E-state index is 0. The van der Waals surface area contributed by atoms with Crippen LogP contribution in [0.3, 0.4) is 0 Å². The van der Waals surface area contributed by atoms with Gasteiger partial charge in [-0.15, -0.1) is 0 Å². The molecular formula is C15H17NO2Ti. The van der Waals surface area contributed by atoms with Gasteiger partial charge in [0.05, 0.1) is 0 Å². The molecule has 0 aromatic heterocycles. The molecule has 0 amide bonds. The second kappa shape index (κ2) is 7.34. The molecule has 0 saturated heterocycles. The summed E-state index contributed by atoms with van der Waals surface area (Å²) in [6.07, 6.45) is 0. The average Bonchev–Trinajstić information content (AvgIpc) is 2.35. The van der Waals surface area contributed by atoms with Crippen LogP contribution in [0.5, 0.6) is 11.5 Å². The minimum atomic E-state index is 0. The molecule has 0 aliphatic heterocycles. The van der Waals surface area contributed by atoms with E-state index in [0.717, 1.165) is 11.1 Å². The fourth-order valence-electron chi connectivity index (χ4n) is 1.93. The van der Waals surface area contributed by atoms with Crippen molar-refractivity contribution in [1.29, 1.82) is 0 Å². The zero-order valence-corrected chi connectivity index (χ0v) is 12.4. The van der Waals surface area contributed by atoms with Crippen LogP contribution in [-0.2, 0) is 34.8 Å². The Morgan fingerprint density at radius 1 is 0.789 bits per heavy atom. The Hall–Kier alpha value is -1.29. The number of nitrogens with zero attached hydrogens (tertiary/aromatic N) is 1. The van der Waals surface area contributed by atoms with Crippen LogP contribution in [0.1, 0.15) is 11.1 Å². The number of aromatic hydroxyl groups is 2. The standard InChI is InChI=1S/C15H17NO2.Ti/c1-16(10-12-6-2-4-8-14(12)17)11-13-7-3-5-9-15(13)18;/h2-9,17-18H,10-11H2,1H3;. The molecule has 0 fully saturated rings. The molecule has 0 bridgehead atoms. The molecule has 0 spiro atoms. The van der Waals surface area contributed by atoms with Gasteiger partial charge in [-0.1, -0.05) is 36.4 Å². The van der Waals surface area contributed by atoms with Crippen molar-refractivity contribution in [3.8, 4) is 11.5 Å². The van der Waals surface area contributed by atoms with Crippen molar-refractivity contribution in [2.24, 2.45) is 0 Å². The molecule has 2 aromatic carbocycles. The molecule has 0 aliphatic carbocycles. The molecule has 0 aliphatic rings. The maximum Gasteiger partial charge on any atom is 0.120 e. The monoisotopic (exact) mass is 291 g/mol. The molecule has 0 radical (unpaired) electrons. The Bertz CT molecular complexity index is 484. The van der Waals surface area contributed by atoms with E-state index in [0.29, 0.717) is 24.6 Å². The number of para-hydroxylation sites is 2. The maximum absolute atomic E-state index is 9.70. The Morgan fingerprint density at radius 2 is 1.16 bits per heavy atom. The van der Waals surface area contributed by atoms with Gasteiger partial charge in [-0.2, -0.15) is 0 Å². The largest absolute Gasteiger partial charge is 0.508 e. The smallest absolute Gasteiger partial charge is 0.120 e. The van der Waals surface area contributed by atoms with Gasteiger partial charge in [0.2, 0.25) is 0 Å². The molecule has 3 nitrogen and oxygen atoms in total. The Balaban J connectivity index is 0.00000180. The number of hydrogen-bond donors (Lipinski definition) is 2. The van der Waals surface area contributed by atoms with E-state index >= 15 is 0 Å². The average molecular weight is 291 g/mol. The molecule has 2 rings (SSSR count). The summed E-state index contributed by atoms with van der Waals surface area (Å²) in [6.45, 7) is 1.28. The molecule has 2 aromatic rings. The van der Waals surface area contributed by atoms with E-state index in [-0.39, 0.29) is 21.7 Å². The SMILES string of the molecule is CN(Cc1ccccc1O)Cc1ccccc1O.[Ti]. The predicted molar refractivity (Wildman–Crippen MR) is 71.4 cm³/mol. The van der Waals surface area contributed by atoms with Crippen molar-refractivity contribution in [2.75, 3.05) is 7.05 Å². The van der Waals surface area contributed by atoms with Crippen LogP contribution in [0, 0.1) is 0 Å². The van der Waals surface area contributed by atoms with Gasteiger partial charge in [0.25, 0.3) is 0 Å². The van der Waals surface area contributed by atoms with Crippen LogP contribution in [0.25, 0.3) is 0 Å². The van der Waals surface area contributed by atoms with Crippen LogP contribution >= 0.6 is 0 Å². The summed E-state index contributed by atoms with van der Waals surface area (Å²) in [7, 11) is 1.96. The molecular weight excluding hydrogens is 274 g/mol. The van der Waals surface area contributed by atoms with Crippen molar-refractivity contribution >= 4 is 0 Å². The van der Waals surface area contributed by atoms with E-state index in [1.54, 1.807) is 12.1 Å². The second-order valence-corrected chi connectivity index (χ2v) is 4.43. The summed E-state index contributed by atoms with van der Waals surface area (Å²) < 4.78 is 0. The van der Waals surface area contributed by atoms with Gasteiger partial charge in [0, 0.05) is 45.9 Å². The van der Waals surface area contributed by atoms with Crippen LogP contribution in [0.2, 0.25) is 0 Å². The molecule has 98 valence electrons. The number of phenols is 2. The third kappa shape index (κ3) is 4.39. The Morgan fingerprint density at radius 3 is 1.53 bits per heavy atom. The molecule has 19 heavy (non-hydrogen) atoms. The van der Waals surface area contributed by atoms with Crippen molar-refractivity contribution in [3.05, 3.63) is 59.7 Å². The van der Waals surface area contributed by atoms with Crippen molar-refractivity contribution < 1.29 is 31.9 Å². The molecule has 0 unspecified atom stereocenters. The number of benzene rings is 2. The summed E-state index contributed by atoms with van der Waals surface area (Å²) in [5, 5.41) is 19.4. The maximum atomic E-state index is 9.70. The van der Waals surface area contributed by atoms with Crippen molar-refractivity contribution in [1.82, 2.24) is 4.90 Å².